The van der Waals surface area contributed by atoms with Crippen molar-refractivity contribution >= 4 is 17.8 Å². The highest BCUT2D eigenvalue weighted by Crippen LogP contribution is 2.21. The van der Waals surface area contributed by atoms with E-state index in [4.69, 9.17) is 9.47 Å². The number of carbonyl (C=O) groups excluding carboxylic acids is 3. The predicted octanol–water partition coefficient (Wildman–Crippen LogP) is 3.54. The Labute approximate surface area is 194 Å². The molecule has 1 aliphatic rings. The molecule has 8 heteroatoms. The quantitative estimate of drug-likeness (QED) is 0.566. The van der Waals surface area contributed by atoms with Crippen molar-refractivity contribution in [3.05, 3.63) is 46.8 Å². The maximum Gasteiger partial charge on any atom is 0.338 e. The van der Waals surface area contributed by atoms with Gasteiger partial charge in [-0.2, -0.15) is 5.10 Å². The number of ether oxygens (including phenoxy) is 2. The summed E-state index contributed by atoms with van der Waals surface area (Å²) in [6.45, 7) is 6.43. The molecule has 33 heavy (non-hydrogen) atoms. The summed E-state index contributed by atoms with van der Waals surface area (Å²) in [4.78, 5) is 38.3. The highest BCUT2D eigenvalue weighted by atomic mass is 16.5. The first-order valence-corrected chi connectivity index (χ1v) is 11.5. The van der Waals surface area contributed by atoms with Crippen LogP contribution in [0.2, 0.25) is 0 Å². The highest BCUT2D eigenvalue weighted by Gasteiger charge is 2.26. The molecule has 0 radical (unpaired) electrons. The molecule has 8 nitrogen and oxygen atoms in total. The Morgan fingerprint density at radius 1 is 1.12 bits per heavy atom. The van der Waals surface area contributed by atoms with Gasteiger partial charge in [-0.05, 0) is 75.8 Å². The molecule has 1 amide bonds. The Bertz CT molecular complexity index is 996. The van der Waals surface area contributed by atoms with E-state index in [0.717, 1.165) is 54.9 Å². The molecule has 1 fully saturated rings. The molecule has 2 aromatic rings. The standard InChI is InChI=1S/C25H33N3O5/c1-5-20-8-6-7-15-27(20)23(29)16-33-25(31)19-9-11-21(12-10-19)28-18(3)22(17(2)26-28)13-14-24(30)32-4/h9-12,20H,5-8,13-16H2,1-4H3. The summed E-state index contributed by atoms with van der Waals surface area (Å²) in [5.41, 5.74) is 3.97. The third-order valence-electron chi connectivity index (χ3n) is 6.34. The molecule has 1 aromatic heterocycles. The Morgan fingerprint density at radius 3 is 2.52 bits per heavy atom. The van der Waals surface area contributed by atoms with Gasteiger partial charge in [0.2, 0.25) is 0 Å². The second-order valence-electron chi connectivity index (χ2n) is 8.41. The van der Waals surface area contributed by atoms with Crippen molar-refractivity contribution in [1.82, 2.24) is 14.7 Å². The summed E-state index contributed by atoms with van der Waals surface area (Å²) in [5.74, 6) is -0.908. The summed E-state index contributed by atoms with van der Waals surface area (Å²) < 4.78 is 11.8. The maximum atomic E-state index is 12.5. The van der Waals surface area contributed by atoms with Crippen LogP contribution >= 0.6 is 0 Å². The zero-order valence-corrected chi connectivity index (χ0v) is 19.9. The smallest absolute Gasteiger partial charge is 0.338 e. The van der Waals surface area contributed by atoms with Crippen molar-refractivity contribution in [2.75, 3.05) is 20.3 Å². The number of carbonyl (C=O) groups is 3. The Morgan fingerprint density at radius 2 is 1.85 bits per heavy atom. The van der Waals surface area contributed by atoms with Crippen LogP contribution in [-0.4, -0.2) is 58.8 Å². The lowest BCUT2D eigenvalue weighted by molar-refractivity contribution is -0.140. The zero-order valence-electron chi connectivity index (χ0n) is 19.9. The average Bonchev–Trinajstić information content (AvgIpc) is 3.13. The number of esters is 2. The van der Waals surface area contributed by atoms with E-state index in [1.54, 1.807) is 28.9 Å². The number of benzene rings is 1. The van der Waals surface area contributed by atoms with Gasteiger partial charge in [-0.1, -0.05) is 6.92 Å². The molecule has 0 N–H and O–H groups in total. The van der Waals surface area contributed by atoms with Gasteiger partial charge in [-0.25, -0.2) is 9.48 Å². The van der Waals surface area contributed by atoms with Gasteiger partial charge >= 0.3 is 11.9 Å². The Kier molecular flexibility index (Phi) is 8.25. The summed E-state index contributed by atoms with van der Waals surface area (Å²) in [7, 11) is 1.38. The Hall–Kier alpha value is -3.16. The van der Waals surface area contributed by atoms with E-state index in [0.29, 0.717) is 18.4 Å². The number of hydrogen-bond acceptors (Lipinski definition) is 6. The van der Waals surface area contributed by atoms with Crippen LogP contribution in [0.1, 0.15) is 66.3 Å². The molecule has 2 heterocycles. The van der Waals surface area contributed by atoms with Crippen molar-refractivity contribution in [3.8, 4) is 5.69 Å². The van der Waals surface area contributed by atoms with Crippen LogP contribution in [0.5, 0.6) is 0 Å². The van der Waals surface area contributed by atoms with Gasteiger partial charge in [0, 0.05) is 24.7 Å². The largest absolute Gasteiger partial charge is 0.469 e. The highest BCUT2D eigenvalue weighted by molar-refractivity contribution is 5.91. The lowest BCUT2D eigenvalue weighted by Crippen LogP contribution is -2.45. The number of likely N-dealkylation sites (tertiary alicyclic amines) is 1. The van der Waals surface area contributed by atoms with Crippen LogP contribution in [0.3, 0.4) is 0 Å². The number of nitrogens with zero attached hydrogens (tertiary/aromatic N) is 3. The summed E-state index contributed by atoms with van der Waals surface area (Å²) in [6.07, 6.45) is 4.90. The van der Waals surface area contributed by atoms with Gasteiger partial charge < -0.3 is 14.4 Å². The van der Waals surface area contributed by atoms with Crippen molar-refractivity contribution in [2.24, 2.45) is 0 Å². The number of hydrogen-bond donors (Lipinski definition) is 0. The van der Waals surface area contributed by atoms with Crippen molar-refractivity contribution < 1.29 is 23.9 Å². The summed E-state index contributed by atoms with van der Waals surface area (Å²) >= 11 is 0. The molecule has 0 aliphatic carbocycles. The third-order valence-corrected chi connectivity index (χ3v) is 6.34. The van der Waals surface area contributed by atoms with Crippen LogP contribution < -0.4 is 0 Å². The van der Waals surface area contributed by atoms with Crippen LogP contribution in [0.4, 0.5) is 0 Å². The van der Waals surface area contributed by atoms with E-state index in [2.05, 4.69) is 12.0 Å². The first kappa shape index (κ1) is 24.5. The molecule has 1 aliphatic heterocycles. The van der Waals surface area contributed by atoms with Gasteiger partial charge in [0.25, 0.3) is 5.91 Å². The van der Waals surface area contributed by atoms with Crippen LogP contribution in [-0.2, 0) is 25.5 Å². The number of aromatic nitrogens is 2. The van der Waals surface area contributed by atoms with Gasteiger partial charge in [0.05, 0.1) is 24.1 Å². The molecule has 1 aromatic carbocycles. The number of methoxy groups -OCH3 is 1. The van der Waals surface area contributed by atoms with Crippen LogP contribution in [0.15, 0.2) is 24.3 Å². The second kappa shape index (κ2) is 11.1. The first-order chi connectivity index (χ1) is 15.8. The summed E-state index contributed by atoms with van der Waals surface area (Å²) in [6, 6.07) is 7.16. The van der Waals surface area contributed by atoms with E-state index < -0.39 is 5.97 Å². The van der Waals surface area contributed by atoms with E-state index in [9.17, 15) is 14.4 Å². The molecule has 1 unspecified atom stereocenters. The normalized spacial score (nSPS) is 15.9. The fraction of sp³-hybridized carbons (Fsp3) is 0.520. The maximum absolute atomic E-state index is 12.5. The monoisotopic (exact) mass is 455 g/mol. The van der Waals surface area contributed by atoms with Crippen LogP contribution in [0, 0.1) is 13.8 Å². The van der Waals surface area contributed by atoms with Gasteiger partial charge in [0.15, 0.2) is 6.61 Å². The molecule has 0 saturated carbocycles. The third kappa shape index (κ3) is 5.80. The molecule has 0 spiro atoms. The number of amides is 1. The molecule has 3 rings (SSSR count). The number of aryl methyl sites for hydroxylation is 1. The lowest BCUT2D eigenvalue weighted by atomic mass is 10.00. The van der Waals surface area contributed by atoms with E-state index in [1.165, 1.54) is 7.11 Å². The van der Waals surface area contributed by atoms with Crippen molar-refractivity contribution in [1.29, 1.82) is 0 Å². The predicted molar refractivity (Wildman–Crippen MR) is 123 cm³/mol. The van der Waals surface area contributed by atoms with Crippen LogP contribution in [0.25, 0.3) is 5.69 Å². The van der Waals surface area contributed by atoms with Gasteiger partial charge in [-0.3, -0.25) is 9.59 Å². The summed E-state index contributed by atoms with van der Waals surface area (Å²) in [5, 5.41) is 4.58. The molecular formula is C25H33N3O5. The zero-order chi connectivity index (χ0) is 24.0. The van der Waals surface area contributed by atoms with E-state index in [1.807, 2.05) is 18.7 Å². The van der Waals surface area contributed by atoms with Crippen molar-refractivity contribution in [2.45, 2.75) is 65.3 Å². The Balaban J connectivity index is 1.62. The van der Waals surface area contributed by atoms with E-state index in [-0.39, 0.29) is 24.5 Å². The van der Waals surface area contributed by atoms with E-state index >= 15 is 0 Å². The average molecular weight is 456 g/mol. The molecule has 1 atom stereocenters. The molecule has 178 valence electrons. The SMILES string of the molecule is CCC1CCCCN1C(=O)COC(=O)c1ccc(-n2nc(C)c(CCC(=O)OC)c2C)cc1. The lowest BCUT2D eigenvalue weighted by Gasteiger charge is -2.35. The minimum Gasteiger partial charge on any atom is -0.469 e. The minimum atomic E-state index is -0.521. The number of rotatable bonds is 8. The molecular weight excluding hydrogens is 422 g/mol. The second-order valence-corrected chi connectivity index (χ2v) is 8.41. The van der Waals surface area contributed by atoms with Crippen molar-refractivity contribution in [3.63, 3.8) is 0 Å². The first-order valence-electron chi connectivity index (χ1n) is 11.5. The minimum absolute atomic E-state index is 0.131. The molecule has 0 bridgehead atoms. The topological polar surface area (TPSA) is 90.7 Å². The fourth-order valence-corrected chi connectivity index (χ4v) is 4.40. The van der Waals surface area contributed by atoms with Gasteiger partial charge in [0.1, 0.15) is 0 Å². The fourth-order valence-electron chi connectivity index (χ4n) is 4.40. The van der Waals surface area contributed by atoms with Gasteiger partial charge in [-0.15, -0.1) is 0 Å². The molecule has 1 saturated heterocycles. The number of piperidine rings is 1.